The van der Waals surface area contributed by atoms with Crippen LogP contribution in [0.4, 0.5) is 0 Å². The topological polar surface area (TPSA) is 120 Å². The molecule has 0 aromatic heterocycles. The molecular weight excluding hydrogens is 719 g/mol. The number of β-amino-alcohol motifs (C(OH)–C–C–N with tert-alkyl or cyclic N) is 1. The number of fused-ring (bicyclic) bond motifs is 7. The van der Waals surface area contributed by atoms with Gasteiger partial charge in [0.2, 0.25) is 0 Å². The fraction of sp³-hybridized carbons (Fsp3) is 0.894. The lowest BCUT2D eigenvalue weighted by molar-refractivity contribution is -0.235. The Balaban J connectivity index is 1.08. The number of allylic oxidation sites excluding steroid dienone is 1. The molecule has 6 fully saturated rings. The minimum Gasteiger partial charge on any atom is -0.481 e. The average molecular weight is 796 g/mol. The van der Waals surface area contributed by atoms with E-state index < -0.39 is 28.9 Å². The second-order valence-electron chi connectivity index (χ2n) is 22.2. The van der Waals surface area contributed by atoms with Crippen molar-refractivity contribution in [1.82, 2.24) is 14.7 Å². The van der Waals surface area contributed by atoms with E-state index in [1.165, 1.54) is 5.57 Å². The summed E-state index contributed by atoms with van der Waals surface area (Å²) >= 11 is 0. The lowest BCUT2D eigenvalue weighted by atomic mass is 9.33. The largest absolute Gasteiger partial charge is 0.481 e. The number of hydrogen-bond donors (Lipinski definition) is 2. The van der Waals surface area contributed by atoms with Gasteiger partial charge in [-0.2, -0.15) is 0 Å². The number of nitrogens with zero attached hydrogens (tertiary/aromatic N) is 3. The summed E-state index contributed by atoms with van der Waals surface area (Å²) in [6.45, 7) is 30.3. The maximum Gasteiger partial charge on any atom is 0.309 e. The second-order valence-corrected chi connectivity index (χ2v) is 22.2. The van der Waals surface area contributed by atoms with Crippen LogP contribution in [0, 0.1) is 56.2 Å². The number of ketones is 1. The Morgan fingerprint density at radius 1 is 0.825 bits per heavy atom. The monoisotopic (exact) mass is 796 g/mol. The fourth-order valence-electron chi connectivity index (χ4n) is 14.6. The zero-order valence-corrected chi connectivity index (χ0v) is 37.1. The second kappa shape index (κ2) is 15.6. The molecular formula is C47H77N3O7. The number of morpholine rings is 1. The lowest BCUT2D eigenvalue weighted by Crippen LogP contribution is -2.66. The number of aliphatic hydroxyl groups excluding tert-OH is 1. The Kier molecular flexibility index (Phi) is 11.8. The molecule has 322 valence electrons. The van der Waals surface area contributed by atoms with Gasteiger partial charge in [0, 0.05) is 76.2 Å². The van der Waals surface area contributed by atoms with Crippen LogP contribution >= 0.6 is 0 Å². The highest BCUT2D eigenvalue weighted by Gasteiger charge is 2.71. The van der Waals surface area contributed by atoms with Gasteiger partial charge >= 0.3 is 11.9 Å². The van der Waals surface area contributed by atoms with Crippen LogP contribution in [0.25, 0.3) is 0 Å². The van der Waals surface area contributed by atoms with Crippen molar-refractivity contribution in [3.05, 3.63) is 11.1 Å². The number of carbonyl (C=O) groups excluding carboxylic acids is 2. The van der Waals surface area contributed by atoms with Crippen molar-refractivity contribution in [2.45, 2.75) is 139 Å². The Labute approximate surface area is 343 Å². The Hall–Kier alpha value is -1.85. The quantitative estimate of drug-likeness (QED) is 0.219. The molecule has 5 aliphatic carbocycles. The van der Waals surface area contributed by atoms with Crippen LogP contribution in [0.5, 0.6) is 0 Å². The van der Waals surface area contributed by atoms with E-state index in [4.69, 9.17) is 9.47 Å². The van der Waals surface area contributed by atoms with Crippen molar-refractivity contribution in [2.24, 2.45) is 56.2 Å². The molecule has 0 aromatic rings. The van der Waals surface area contributed by atoms with Crippen molar-refractivity contribution in [1.29, 1.82) is 0 Å². The summed E-state index contributed by atoms with van der Waals surface area (Å²) in [7, 11) is 0. The van der Waals surface area contributed by atoms with Gasteiger partial charge in [-0.1, -0.05) is 54.0 Å². The number of hydrogen-bond acceptors (Lipinski definition) is 9. The van der Waals surface area contributed by atoms with E-state index >= 15 is 0 Å². The number of carboxylic acids is 1. The predicted molar refractivity (Wildman–Crippen MR) is 221 cm³/mol. The van der Waals surface area contributed by atoms with Crippen LogP contribution in [-0.2, 0) is 23.9 Å². The number of aliphatic hydroxyl groups is 1. The van der Waals surface area contributed by atoms with Crippen LogP contribution in [0.3, 0.4) is 0 Å². The van der Waals surface area contributed by atoms with Crippen LogP contribution < -0.4 is 0 Å². The van der Waals surface area contributed by atoms with Crippen LogP contribution in [0.2, 0.25) is 0 Å². The molecule has 0 amide bonds. The summed E-state index contributed by atoms with van der Waals surface area (Å²) in [6, 6.07) is 0. The maximum atomic E-state index is 14.2. The first kappa shape index (κ1) is 43.2. The summed E-state index contributed by atoms with van der Waals surface area (Å²) in [5.74, 6) is 0.189. The normalized spacial score (nSPS) is 39.6. The third kappa shape index (κ3) is 7.29. The van der Waals surface area contributed by atoms with Crippen molar-refractivity contribution in [3.63, 3.8) is 0 Å². The molecule has 4 saturated carbocycles. The zero-order chi connectivity index (χ0) is 41.3. The lowest BCUT2D eigenvalue weighted by Gasteiger charge is -2.72. The van der Waals surface area contributed by atoms with E-state index in [0.717, 1.165) is 123 Å². The molecule has 0 radical (unpaired) electrons. The molecule has 2 N–H and O–H groups in total. The van der Waals surface area contributed by atoms with E-state index in [2.05, 4.69) is 63.2 Å². The summed E-state index contributed by atoms with van der Waals surface area (Å²) in [6.07, 6.45) is 7.55. The van der Waals surface area contributed by atoms with Crippen molar-refractivity contribution in [2.75, 3.05) is 72.1 Å². The Morgan fingerprint density at radius 3 is 2.09 bits per heavy atom. The van der Waals surface area contributed by atoms with Gasteiger partial charge in [0.25, 0.3) is 0 Å². The number of ether oxygens (including phenoxy) is 2. The number of Topliss-reactive ketones (excluding diaryl/α,β-unsaturated/α-hetero) is 1. The number of esters is 1. The molecule has 2 heterocycles. The van der Waals surface area contributed by atoms with E-state index in [9.17, 15) is 24.6 Å². The van der Waals surface area contributed by atoms with Gasteiger partial charge in [-0.15, -0.1) is 0 Å². The number of aliphatic carboxylic acids is 1. The van der Waals surface area contributed by atoms with E-state index in [1.54, 1.807) is 13.8 Å². The highest BCUT2D eigenvalue weighted by atomic mass is 16.5. The molecule has 0 aromatic carbocycles. The van der Waals surface area contributed by atoms with Gasteiger partial charge in [0.1, 0.15) is 6.10 Å². The molecule has 10 nitrogen and oxygen atoms in total. The van der Waals surface area contributed by atoms with Crippen LogP contribution in [0.1, 0.15) is 127 Å². The van der Waals surface area contributed by atoms with Gasteiger partial charge in [0.05, 0.1) is 31.2 Å². The van der Waals surface area contributed by atoms with E-state index in [-0.39, 0.29) is 51.8 Å². The molecule has 7 rings (SSSR count). The fourth-order valence-corrected chi connectivity index (χ4v) is 14.6. The summed E-state index contributed by atoms with van der Waals surface area (Å²) in [4.78, 5) is 46.7. The van der Waals surface area contributed by atoms with Crippen LogP contribution in [0.15, 0.2) is 11.1 Å². The van der Waals surface area contributed by atoms with Gasteiger partial charge in [-0.3, -0.25) is 29.1 Å². The predicted octanol–water partition coefficient (Wildman–Crippen LogP) is 6.69. The Bertz CT molecular complexity index is 1580. The maximum absolute atomic E-state index is 14.2. The molecule has 9 atom stereocenters. The van der Waals surface area contributed by atoms with Crippen molar-refractivity contribution >= 4 is 17.7 Å². The first-order valence-corrected chi connectivity index (χ1v) is 22.8. The van der Waals surface area contributed by atoms with Gasteiger partial charge in [0.15, 0.2) is 5.78 Å². The summed E-state index contributed by atoms with van der Waals surface area (Å²) < 4.78 is 11.7. The molecule has 2 aliphatic heterocycles. The van der Waals surface area contributed by atoms with Crippen molar-refractivity contribution < 1.29 is 34.1 Å². The first-order valence-electron chi connectivity index (χ1n) is 22.8. The third-order valence-electron chi connectivity index (χ3n) is 18.2. The standard InChI is InChI=1S/C47H77N3O7/c1-31(2)39-33(51)28-47(36(52)30-50-22-20-48(21-23-50)18-19-49-24-26-56-27-25-49)17-16-45(8)32(40(39)47)10-11-35-44(7)14-13-37(57-38(53)29-42(3,4)41(54)55)43(5,6)34(44)12-15-46(35,45)9/h31-32,34-37,52H,10-30H2,1-9H3,(H,54,55). The molecule has 0 bridgehead atoms. The van der Waals surface area contributed by atoms with Gasteiger partial charge in [-0.05, 0) is 111 Å². The summed E-state index contributed by atoms with van der Waals surface area (Å²) in [5.41, 5.74) is 0.670. The molecule has 7 aliphatic rings. The van der Waals surface area contributed by atoms with E-state index in [1.807, 2.05) is 0 Å². The number of carboxylic acid groups (broad SMARTS) is 1. The Morgan fingerprint density at radius 2 is 1.46 bits per heavy atom. The number of rotatable bonds is 11. The average Bonchev–Trinajstić information content (AvgIpc) is 3.46. The molecule has 9 unspecified atom stereocenters. The van der Waals surface area contributed by atoms with Gasteiger partial charge in [-0.25, -0.2) is 0 Å². The highest BCUT2D eigenvalue weighted by Crippen LogP contribution is 2.77. The minimum absolute atomic E-state index is 0.00912. The number of piperazine rings is 1. The molecule has 10 heteroatoms. The SMILES string of the molecule is CC(C)C1=C2C3CCC4C5(C)CCC(OC(=O)CC(C)(C)C(=O)O)C(C)(C)C5CCC4(C)C3(C)CCC2(C(O)CN2CCN(CCN3CCOCC3)CC2)CC1=O. The van der Waals surface area contributed by atoms with Gasteiger partial charge < -0.3 is 19.7 Å². The van der Waals surface area contributed by atoms with Crippen molar-refractivity contribution in [3.8, 4) is 0 Å². The smallest absolute Gasteiger partial charge is 0.309 e. The molecule has 0 spiro atoms. The minimum atomic E-state index is -1.16. The molecule has 57 heavy (non-hydrogen) atoms. The zero-order valence-electron chi connectivity index (χ0n) is 37.1. The summed E-state index contributed by atoms with van der Waals surface area (Å²) in [5, 5.41) is 22.2. The highest BCUT2D eigenvalue weighted by molar-refractivity contribution is 6.00. The van der Waals surface area contributed by atoms with E-state index in [0.29, 0.717) is 24.8 Å². The number of carbonyl (C=O) groups is 3. The first-order chi connectivity index (χ1) is 26.7. The molecule has 2 saturated heterocycles. The third-order valence-corrected chi connectivity index (χ3v) is 18.2. The van der Waals surface area contributed by atoms with Crippen LogP contribution in [-0.4, -0.2) is 127 Å².